The Morgan fingerprint density at radius 3 is 2.54 bits per heavy atom. The summed E-state index contributed by atoms with van der Waals surface area (Å²) in [7, 11) is 0. The maximum atomic E-state index is 13.3. The molecule has 3 aromatic rings. The lowest BCUT2D eigenvalue weighted by Crippen LogP contribution is -2.54. The minimum absolute atomic E-state index is 0.198. The molecule has 0 saturated carbocycles. The fraction of sp³-hybridized carbons (Fsp3) is 0.148. The van der Waals surface area contributed by atoms with Gasteiger partial charge in [-0.15, -0.1) is 0 Å². The number of anilines is 1. The van der Waals surface area contributed by atoms with Gasteiger partial charge in [-0.3, -0.25) is 14.9 Å². The molecule has 4 amide bonds. The third kappa shape index (κ3) is 6.00. The lowest BCUT2D eigenvalue weighted by molar-refractivity contribution is -0.122. The summed E-state index contributed by atoms with van der Waals surface area (Å²) in [6, 6.07) is 15.2. The Hall–Kier alpha value is -2.89. The monoisotopic (exact) mass is 694 g/mol. The van der Waals surface area contributed by atoms with Crippen LogP contribution in [0.15, 0.2) is 64.6 Å². The minimum Gasteiger partial charge on any atom is -0.490 e. The number of ether oxygens (including phenoxy) is 2. The maximum absolute atomic E-state index is 13.3. The van der Waals surface area contributed by atoms with E-state index in [0.29, 0.717) is 35.3 Å². The van der Waals surface area contributed by atoms with E-state index in [4.69, 9.17) is 21.1 Å². The second kappa shape index (κ2) is 11.7. The molecule has 190 valence electrons. The van der Waals surface area contributed by atoms with Gasteiger partial charge in [0.05, 0.1) is 15.9 Å². The summed E-state index contributed by atoms with van der Waals surface area (Å²) in [5.74, 6) is -0.524. The minimum atomic E-state index is -0.840. The number of amides is 4. The normalized spacial score (nSPS) is 14.7. The number of benzene rings is 3. The second-order valence-corrected chi connectivity index (χ2v) is 10.5. The van der Waals surface area contributed by atoms with Gasteiger partial charge in [0, 0.05) is 15.1 Å². The number of imide groups is 2. The van der Waals surface area contributed by atoms with E-state index in [1.54, 1.807) is 24.3 Å². The van der Waals surface area contributed by atoms with E-state index >= 15 is 0 Å². The fourth-order valence-electron chi connectivity index (χ4n) is 3.62. The van der Waals surface area contributed by atoms with Crippen LogP contribution in [0.5, 0.6) is 11.5 Å². The van der Waals surface area contributed by atoms with Gasteiger partial charge in [-0.1, -0.05) is 51.8 Å². The number of nitrogens with zero attached hydrogens (tertiary/aromatic N) is 1. The van der Waals surface area contributed by atoms with E-state index in [1.165, 1.54) is 12.1 Å². The highest BCUT2D eigenvalue weighted by Gasteiger charge is 2.37. The Labute approximate surface area is 241 Å². The number of hydrogen-bond donors (Lipinski definition) is 1. The van der Waals surface area contributed by atoms with Crippen molar-refractivity contribution in [3.05, 3.63) is 89.9 Å². The average molecular weight is 696 g/mol. The number of aryl methyl sites for hydroxylation is 1. The van der Waals surface area contributed by atoms with Gasteiger partial charge in [0.2, 0.25) is 0 Å². The zero-order valence-electron chi connectivity index (χ0n) is 19.8. The van der Waals surface area contributed by atoms with E-state index in [-0.39, 0.29) is 11.3 Å². The van der Waals surface area contributed by atoms with Gasteiger partial charge in [-0.25, -0.2) is 9.69 Å². The summed E-state index contributed by atoms with van der Waals surface area (Å²) >= 11 is 11.8. The Bertz CT molecular complexity index is 1440. The van der Waals surface area contributed by atoms with E-state index < -0.39 is 17.8 Å². The molecule has 0 radical (unpaired) electrons. The van der Waals surface area contributed by atoms with Crippen molar-refractivity contribution in [2.24, 2.45) is 0 Å². The molecular formula is C27H21BrClIN2O5. The van der Waals surface area contributed by atoms with Gasteiger partial charge in [-0.05, 0) is 84.0 Å². The van der Waals surface area contributed by atoms with Crippen molar-refractivity contribution in [1.82, 2.24) is 5.32 Å². The zero-order chi connectivity index (χ0) is 26.7. The number of nitrogens with one attached hydrogen (secondary N) is 1. The number of carbonyl (C=O) groups is 3. The molecule has 0 aliphatic carbocycles. The van der Waals surface area contributed by atoms with Crippen molar-refractivity contribution in [3.63, 3.8) is 0 Å². The molecule has 0 bridgehead atoms. The first-order chi connectivity index (χ1) is 17.7. The number of urea groups is 1. The molecule has 0 spiro atoms. The topological polar surface area (TPSA) is 84.9 Å². The smallest absolute Gasteiger partial charge is 0.335 e. The first kappa shape index (κ1) is 27.2. The number of hydrogen-bond acceptors (Lipinski definition) is 5. The van der Waals surface area contributed by atoms with E-state index in [9.17, 15) is 14.4 Å². The number of barbiturate groups is 1. The number of rotatable bonds is 7. The molecule has 1 aliphatic heterocycles. The highest BCUT2D eigenvalue weighted by molar-refractivity contribution is 14.1. The van der Waals surface area contributed by atoms with E-state index in [2.05, 4.69) is 43.8 Å². The van der Waals surface area contributed by atoms with Crippen LogP contribution in [0.4, 0.5) is 10.5 Å². The largest absolute Gasteiger partial charge is 0.490 e. The van der Waals surface area contributed by atoms with Crippen LogP contribution < -0.4 is 19.7 Å². The lowest BCUT2D eigenvalue weighted by Gasteiger charge is -2.26. The molecular weight excluding hydrogens is 675 g/mol. The van der Waals surface area contributed by atoms with Crippen LogP contribution in [-0.4, -0.2) is 24.5 Å². The van der Waals surface area contributed by atoms with Crippen LogP contribution in [0.25, 0.3) is 6.08 Å². The van der Waals surface area contributed by atoms with Crippen molar-refractivity contribution in [2.75, 3.05) is 11.5 Å². The maximum Gasteiger partial charge on any atom is 0.335 e. The van der Waals surface area contributed by atoms with Gasteiger partial charge in [-0.2, -0.15) is 0 Å². The van der Waals surface area contributed by atoms with Crippen molar-refractivity contribution < 1.29 is 23.9 Å². The fourth-order valence-corrected chi connectivity index (χ4v) is 4.97. The van der Waals surface area contributed by atoms with Crippen LogP contribution in [0, 0.1) is 10.5 Å². The molecule has 4 rings (SSSR count). The van der Waals surface area contributed by atoms with Crippen molar-refractivity contribution in [1.29, 1.82) is 0 Å². The molecule has 1 aliphatic rings. The summed E-state index contributed by atoms with van der Waals surface area (Å²) < 4.78 is 13.6. The standard InChI is InChI=1S/C27H21BrClIN2O5/c1-3-36-23-12-16(11-22(30)24(23)37-14-17-6-4-5-7-20(17)28)10-19-25(33)31-27(35)32(26(19)34)18-9-8-15(2)21(29)13-18/h4-13H,3,14H2,1-2H3,(H,31,33,35)/b19-10+. The van der Waals surface area contributed by atoms with Crippen LogP contribution in [0.3, 0.4) is 0 Å². The molecule has 1 heterocycles. The summed E-state index contributed by atoms with van der Waals surface area (Å²) in [4.78, 5) is 39.3. The quantitative estimate of drug-likeness (QED) is 0.170. The Morgan fingerprint density at radius 1 is 1.08 bits per heavy atom. The molecule has 10 heteroatoms. The first-order valence-corrected chi connectivity index (χ1v) is 13.4. The van der Waals surface area contributed by atoms with Gasteiger partial charge < -0.3 is 9.47 Å². The molecule has 1 fully saturated rings. The number of halogens is 3. The molecule has 3 aromatic carbocycles. The predicted octanol–water partition coefficient (Wildman–Crippen LogP) is 6.66. The van der Waals surface area contributed by atoms with Crippen LogP contribution in [-0.2, 0) is 16.2 Å². The lowest BCUT2D eigenvalue weighted by atomic mass is 10.1. The van der Waals surface area contributed by atoms with Crippen LogP contribution in [0.1, 0.15) is 23.6 Å². The third-order valence-electron chi connectivity index (χ3n) is 5.49. The molecule has 7 nitrogen and oxygen atoms in total. The molecule has 0 aromatic heterocycles. The molecule has 0 unspecified atom stereocenters. The van der Waals surface area contributed by atoms with Crippen LogP contribution >= 0.6 is 50.1 Å². The van der Waals surface area contributed by atoms with Gasteiger partial charge >= 0.3 is 6.03 Å². The van der Waals surface area contributed by atoms with Crippen LogP contribution in [0.2, 0.25) is 5.02 Å². The SMILES string of the molecule is CCOc1cc(/C=C2\C(=O)NC(=O)N(c3ccc(C)c(Cl)c3)C2=O)cc(I)c1OCc1ccccc1Br. The summed E-state index contributed by atoms with van der Waals surface area (Å²) in [5, 5.41) is 2.62. The Morgan fingerprint density at radius 2 is 1.84 bits per heavy atom. The molecule has 1 saturated heterocycles. The first-order valence-electron chi connectivity index (χ1n) is 11.2. The van der Waals surface area contributed by atoms with Gasteiger partial charge in [0.1, 0.15) is 12.2 Å². The van der Waals surface area contributed by atoms with Gasteiger partial charge in [0.25, 0.3) is 11.8 Å². The molecule has 1 N–H and O–H groups in total. The average Bonchev–Trinajstić information content (AvgIpc) is 2.84. The second-order valence-electron chi connectivity index (χ2n) is 8.03. The van der Waals surface area contributed by atoms with Crippen molar-refractivity contribution in [2.45, 2.75) is 20.5 Å². The Kier molecular flexibility index (Phi) is 8.56. The highest BCUT2D eigenvalue weighted by atomic mass is 127. The van der Waals surface area contributed by atoms with Crippen molar-refractivity contribution in [3.8, 4) is 11.5 Å². The van der Waals surface area contributed by atoms with Gasteiger partial charge in [0.15, 0.2) is 11.5 Å². The molecule has 37 heavy (non-hydrogen) atoms. The van der Waals surface area contributed by atoms with E-state index in [0.717, 1.165) is 24.1 Å². The third-order valence-corrected chi connectivity index (χ3v) is 7.47. The Balaban J connectivity index is 1.67. The molecule has 0 atom stereocenters. The predicted molar refractivity (Wildman–Crippen MR) is 154 cm³/mol. The summed E-state index contributed by atoms with van der Waals surface area (Å²) in [6.45, 7) is 4.36. The van der Waals surface area contributed by atoms with Crippen molar-refractivity contribution >= 4 is 79.7 Å². The van der Waals surface area contributed by atoms with E-state index in [1.807, 2.05) is 38.1 Å². The summed E-state index contributed by atoms with van der Waals surface area (Å²) in [5.41, 5.74) is 2.36. The summed E-state index contributed by atoms with van der Waals surface area (Å²) in [6.07, 6.45) is 1.43. The highest BCUT2D eigenvalue weighted by Crippen LogP contribution is 2.36. The number of carbonyl (C=O) groups excluding carboxylic acids is 3. The zero-order valence-corrected chi connectivity index (χ0v) is 24.3.